The highest BCUT2D eigenvalue weighted by atomic mass is 16.8. The van der Waals surface area contributed by atoms with Crippen LogP contribution in [-0.2, 0) is 25.6 Å². The van der Waals surface area contributed by atoms with Crippen molar-refractivity contribution in [3.8, 4) is 11.5 Å². The number of phenols is 1. The molecule has 0 radical (unpaired) electrons. The van der Waals surface area contributed by atoms with Gasteiger partial charge in [0.1, 0.15) is 17.2 Å². The zero-order valence-electron chi connectivity index (χ0n) is 18.1. The average Bonchev–Trinajstić information content (AvgIpc) is 2.80. The third-order valence-electron chi connectivity index (χ3n) is 4.85. The number of hydrogen-bond donors (Lipinski definition) is 3. The van der Waals surface area contributed by atoms with Gasteiger partial charge in [0, 0.05) is 24.7 Å². The molecule has 0 bridgehead atoms. The lowest BCUT2D eigenvalue weighted by Crippen LogP contribution is -2.36. The molecule has 0 saturated carbocycles. The van der Waals surface area contributed by atoms with Gasteiger partial charge in [-0.3, -0.25) is 0 Å². The number of methoxy groups -OCH3 is 1. The van der Waals surface area contributed by atoms with E-state index in [0.717, 1.165) is 23.5 Å². The van der Waals surface area contributed by atoms with Crippen molar-refractivity contribution in [2.75, 3.05) is 18.7 Å². The Labute approximate surface area is 189 Å². The molecule has 2 aromatic rings. The van der Waals surface area contributed by atoms with Gasteiger partial charge in [0.2, 0.25) is 0 Å². The molecule has 3 N–H and O–H groups in total. The van der Waals surface area contributed by atoms with Crippen molar-refractivity contribution in [2.24, 2.45) is 0 Å². The fourth-order valence-corrected chi connectivity index (χ4v) is 3.13. The summed E-state index contributed by atoms with van der Waals surface area (Å²) in [6.07, 6.45) is -0.0759. The molecule has 33 heavy (non-hydrogen) atoms. The minimum absolute atomic E-state index is 0.0349. The van der Waals surface area contributed by atoms with Crippen molar-refractivity contribution in [3.05, 3.63) is 65.7 Å². The van der Waals surface area contributed by atoms with Crippen LogP contribution in [0.4, 0.5) is 10.5 Å². The summed E-state index contributed by atoms with van der Waals surface area (Å²) in [4.78, 5) is 40.2. The van der Waals surface area contributed by atoms with Crippen LogP contribution in [0.3, 0.4) is 0 Å². The summed E-state index contributed by atoms with van der Waals surface area (Å²) in [7, 11) is 1.60. The lowest BCUT2D eigenvalue weighted by molar-refractivity contribution is -0.142. The number of rotatable bonds is 8. The number of nitrogens with one attached hydrogen (secondary N) is 1. The van der Waals surface area contributed by atoms with E-state index in [1.54, 1.807) is 7.11 Å². The number of aliphatic hydroxyl groups is 1. The molecule has 2 aromatic carbocycles. The maximum Gasteiger partial charge on any atom is 0.456 e. The zero-order chi connectivity index (χ0) is 24.0. The Hall–Kier alpha value is -3.89. The quantitative estimate of drug-likeness (QED) is 0.403. The second-order valence-corrected chi connectivity index (χ2v) is 7.35. The molecule has 174 valence electrons. The van der Waals surface area contributed by atoms with Crippen LogP contribution in [0.1, 0.15) is 24.2 Å². The van der Waals surface area contributed by atoms with Gasteiger partial charge in [0.05, 0.1) is 13.2 Å². The van der Waals surface area contributed by atoms with Gasteiger partial charge in [-0.15, -0.1) is 0 Å². The lowest BCUT2D eigenvalue weighted by Gasteiger charge is -2.23. The van der Waals surface area contributed by atoms with Gasteiger partial charge in [-0.25, -0.2) is 14.4 Å². The van der Waals surface area contributed by atoms with Crippen LogP contribution >= 0.6 is 0 Å². The first-order chi connectivity index (χ1) is 15.8. The molecule has 10 nitrogen and oxygen atoms in total. The molecule has 0 aliphatic carbocycles. The average molecular weight is 456 g/mol. The van der Waals surface area contributed by atoms with Crippen LogP contribution in [0.25, 0.3) is 0 Å². The van der Waals surface area contributed by atoms with Gasteiger partial charge in [0.25, 0.3) is 0 Å². The highest BCUT2D eigenvalue weighted by molar-refractivity contribution is 6.03. The molecule has 2 atom stereocenters. The second-order valence-electron chi connectivity index (χ2n) is 7.35. The number of cyclic esters (lactones) is 2. The van der Waals surface area contributed by atoms with Gasteiger partial charge in [0.15, 0.2) is 0 Å². The summed E-state index contributed by atoms with van der Waals surface area (Å²) in [6.45, 7) is 2.15. The summed E-state index contributed by atoms with van der Waals surface area (Å²) in [5.41, 5.74) is 1.16. The highest BCUT2D eigenvalue weighted by Gasteiger charge is 2.29. The summed E-state index contributed by atoms with van der Waals surface area (Å²) >= 11 is 0. The summed E-state index contributed by atoms with van der Waals surface area (Å²) in [5.74, 6) is -1.73. The maximum absolute atomic E-state index is 12.2. The predicted octanol–water partition coefficient (Wildman–Crippen LogP) is 2.15. The summed E-state index contributed by atoms with van der Waals surface area (Å²) < 4.78 is 9.65. The maximum atomic E-state index is 12.2. The van der Waals surface area contributed by atoms with E-state index in [-0.39, 0.29) is 18.3 Å². The van der Waals surface area contributed by atoms with Crippen LogP contribution in [0.5, 0.6) is 11.5 Å². The number of ether oxygens (including phenoxy) is 2. The Bertz CT molecular complexity index is 1050. The Balaban J connectivity index is 1.67. The number of anilines is 1. The first-order valence-electron chi connectivity index (χ1n) is 10.1. The van der Waals surface area contributed by atoms with E-state index in [0.29, 0.717) is 17.0 Å². The van der Waals surface area contributed by atoms with E-state index in [1.807, 2.05) is 31.2 Å². The molecule has 1 aliphatic heterocycles. The van der Waals surface area contributed by atoms with Crippen molar-refractivity contribution in [3.63, 3.8) is 0 Å². The summed E-state index contributed by atoms with van der Waals surface area (Å²) in [5, 5.41) is 24.4. The molecule has 0 aromatic heterocycles. The van der Waals surface area contributed by atoms with Crippen molar-refractivity contribution >= 4 is 23.7 Å². The fraction of sp³-hybridized carbons (Fsp3) is 0.261. The molecule has 10 heteroatoms. The SMILES string of the molecule is COc1ccc(CC(C)NCC(O)c2ccc(O)c(N3OC(=O)/C=C/C(=O)OC3=O)c2)cc1. The van der Waals surface area contributed by atoms with Crippen LogP contribution in [-0.4, -0.2) is 47.9 Å². The van der Waals surface area contributed by atoms with E-state index in [9.17, 15) is 24.6 Å². The largest absolute Gasteiger partial charge is 0.506 e. The van der Waals surface area contributed by atoms with Crippen LogP contribution in [0, 0.1) is 0 Å². The molecule has 0 fully saturated rings. The van der Waals surface area contributed by atoms with Crippen LogP contribution < -0.4 is 15.1 Å². The number of phenolic OH excluding ortho intramolecular Hbond substituents is 1. The van der Waals surface area contributed by atoms with Crippen molar-refractivity contribution in [1.29, 1.82) is 0 Å². The number of esters is 1. The van der Waals surface area contributed by atoms with E-state index in [4.69, 9.17) is 9.57 Å². The zero-order valence-corrected chi connectivity index (χ0v) is 18.1. The number of carbonyl (C=O) groups excluding carboxylic acids is 3. The van der Waals surface area contributed by atoms with Gasteiger partial charge in [-0.2, -0.15) is 0 Å². The van der Waals surface area contributed by atoms with Gasteiger partial charge >= 0.3 is 18.0 Å². The monoisotopic (exact) mass is 456 g/mol. The highest BCUT2D eigenvalue weighted by Crippen LogP contribution is 2.32. The van der Waals surface area contributed by atoms with Gasteiger partial charge in [-0.05, 0) is 48.7 Å². The number of amides is 1. The van der Waals surface area contributed by atoms with Crippen LogP contribution in [0.15, 0.2) is 54.6 Å². The molecular formula is C23H24N2O8. The first kappa shape index (κ1) is 23.8. The molecule has 3 rings (SSSR count). The van der Waals surface area contributed by atoms with Gasteiger partial charge in [-0.1, -0.05) is 23.3 Å². The number of aromatic hydroxyl groups is 1. The van der Waals surface area contributed by atoms with Crippen molar-refractivity contribution < 1.29 is 38.9 Å². The molecule has 0 saturated heterocycles. The van der Waals surface area contributed by atoms with Gasteiger partial charge < -0.3 is 29.8 Å². The Morgan fingerprint density at radius 3 is 2.45 bits per heavy atom. The van der Waals surface area contributed by atoms with Crippen molar-refractivity contribution in [1.82, 2.24) is 5.32 Å². The Morgan fingerprint density at radius 2 is 1.76 bits per heavy atom. The summed E-state index contributed by atoms with van der Waals surface area (Å²) in [6, 6.07) is 11.7. The molecule has 1 amide bonds. The Morgan fingerprint density at radius 1 is 1.06 bits per heavy atom. The standard InChI is InChI=1S/C23H24N2O8/c1-14(11-15-3-6-17(31-2)7-4-15)24-13-20(27)16-5-8-19(26)18(12-16)25-23(30)32-21(28)9-10-22(29)33-25/h3-10,12,14,20,24,26-27H,11,13H2,1-2H3/b10-9+. The van der Waals surface area contributed by atoms with E-state index in [2.05, 4.69) is 10.1 Å². The number of carbonyl (C=O) groups is 3. The number of hydrogen-bond acceptors (Lipinski definition) is 9. The Kier molecular flexibility index (Phi) is 7.65. The predicted molar refractivity (Wildman–Crippen MR) is 116 cm³/mol. The van der Waals surface area contributed by atoms with E-state index in [1.165, 1.54) is 18.2 Å². The van der Waals surface area contributed by atoms with Crippen LogP contribution in [0.2, 0.25) is 0 Å². The molecular weight excluding hydrogens is 432 g/mol. The number of aliphatic hydroxyl groups excluding tert-OH is 1. The number of nitrogens with zero attached hydrogens (tertiary/aromatic N) is 1. The minimum atomic E-state index is -1.31. The minimum Gasteiger partial charge on any atom is -0.506 e. The third kappa shape index (κ3) is 6.31. The number of hydroxylamine groups is 1. The number of benzene rings is 2. The third-order valence-corrected chi connectivity index (χ3v) is 4.85. The molecule has 2 unspecified atom stereocenters. The first-order valence-corrected chi connectivity index (χ1v) is 10.1. The molecule has 1 aliphatic rings. The fourth-order valence-electron chi connectivity index (χ4n) is 3.13. The van der Waals surface area contributed by atoms with E-state index >= 15 is 0 Å². The molecule has 1 heterocycles. The van der Waals surface area contributed by atoms with Crippen molar-refractivity contribution in [2.45, 2.75) is 25.5 Å². The second kappa shape index (κ2) is 10.6. The molecule has 0 spiro atoms. The smallest absolute Gasteiger partial charge is 0.456 e. The topological polar surface area (TPSA) is 135 Å². The van der Waals surface area contributed by atoms with E-state index < -0.39 is 29.9 Å². The lowest BCUT2D eigenvalue weighted by atomic mass is 10.1. The normalized spacial score (nSPS) is 16.8.